The molecule has 0 aliphatic carbocycles. The van der Waals surface area contributed by atoms with Gasteiger partial charge in [-0.05, 0) is 36.4 Å². The van der Waals surface area contributed by atoms with Gasteiger partial charge < -0.3 is 10.1 Å². The van der Waals surface area contributed by atoms with Crippen LogP contribution in [0.25, 0.3) is 22.3 Å². The average Bonchev–Trinajstić information content (AvgIpc) is 2.72. The number of anilines is 1. The van der Waals surface area contributed by atoms with Crippen LogP contribution in [0.15, 0.2) is 73.2 Å². The highest BCUT2D eigenvalue weighted by Crippen LogP contribution is 2.28. The Hall–Kier alpha value is -4.01. The number of pyridine rings is 1. The molecule has 0 unspecified atom stereocenters. The first-order valence-electron chi connectivity index (χ1n) is 8.72. The number of ether oxygens (including phenoxy) is 1. The van der Waals surface area contributed by atoms with Gasteiger partial charge in [-0.1, -0.05) is 18.2 Å². The van der Waals surface area contributed by atoms with Gasteiger partial charge in [0.25, 0.3) is 5.91 Å². The molecular formula is C21H13F3N4O2. The van der Waals surface area contributed by atoms with E-state index in [0.29, 0.717) is 28.0 Å². The maximum Gasteiger partial charge on any atom is 0.573 e. The van der Waals surface area contributed by atoms with E-state index in [-0.39, 0.29) is 11.3 Å². The Morgan fingerprint density at radius 1 is 1.00 bits per heavy atom. The van der Waals surface area contributed by atoms with Crippen LogP contribution in [0.3, 0.4) is 0 Å². The van der Waals surface area contributed by atoms with Gasteiger partial charge >= 0.3 is 6.36 Å². The van der Waals surface area contributed by atoms with Crippen LogP contribution in [0.1, 0.15) is 10.4 Å². The standard InChI is InChI=1S/C21H13F3N4O2/c22-21(23,24)30-15-6-1-4-13(10-15)18-12-26-17-8-2-7-16(19(17)28-18)20(29)27-14-5-3-9-25-11-14/h1-12H,(H,27,29). The second-order valence-corrected chi connectivity index (χ2v) is 6.20. The van der Waals surface area contributed by atoms with Crippen molar-refractivity contribution in [2.75, 3.05) is 5.32 Å². The van der Waals surface area contributed by atoms with E-state index in [1.54, 1.807) is 42.6 Å². The second-order valence-electron chi connectivity index (χ2n) is 6.20. The van der Waals surface area contributed by atoms with Crippen LogP contribution in [0, 0.1) is 0 Å². The molecule has 0 radical (unpaired) electrons. The lowest BCUT2D eigenvalue weighted by atomic mass is 10.1. The molecule has 2 heterocycles. The topological polar surface area (TPSA) is 77.0 Å². The number of alkyl halides is 3. The minimum atomic E-state index is -4.80. The first-order valence-corrected chi connectivity index (χ1v) is 8.72. The van der Waals surface area contributed by atoms with Gasteiger partial charge in [0.1, 0.15) is 11.3 Å². The van der Waals surface area contributed by atoms with Crippen LogP contribution < -0.4 is 10.1 Å². The molecule has 0 fully saturated rings. The zero-order chi connectivity index (χ0) is 21.1. The second kappa shape index (κ2) is 7.78. The smallest absolute Gasteiger partial charge is 0.406 e. The monoisotopic (exact) mass is 410 g/mol. The third-order valence-electron chi connectivity index (χ3n) is 4.10. The summed E-state index contributed by atoms with van der Waals surface area (Å²) < 4.78 is 41.5. The molecule has 1 amide bonds. The number of carbonyl (C=O) groups is 1. The summed E-state index contributed by atoms with van der Waals surface area (Å²) in [6.45, 7) is 0. The van der Waals surface area contributed by atoms with Crippen LogP contribution in [-0.2, 0) is 0 Å². The molecule has 4 rings (SSSR count). The highest BCUT2D eigenvalue weighted by molar-refractivity contribution is 6.11. The van der Waals surface area contributed by atoms with Crippen molar-refractivity contribution in [3.63, 3.8) is 0 Å². The minimum Gasteiger partial charge on any atom is -0.406 e. The SMILES string of the molecule is O=C(Nc1cccnc1)c1cccc2ncc(-c3cccc(OC(F)(F)F)c3)nc12. The third-order valence-corrected chi connectivity index (χ3v) is 4.10. The highest BCUT2D eigenvalue weighted by atomic mass is 19.4. The Kier molecular flexibility index (Phi) is 5.01. The summed E-state index contributed by atoms with van der Waals surface area (Å²) in [7, 11) is 0. The van der Waals surface area contributed by atoms with Crippen molar-refractivity contribution in [2.45, 2.75) is 6.36 Å². The average molecular weight is 410 g/mol. The summed E-state index contributed by atoms with van der Waals surface area (Å²) in [5, 5.41) is 2.73. The van der Waals surface area contributed by atoms with Gasteiger partial charge in [-0.15, -0.1) is 13.2 Å². The van der Waals surface area contributed by atoms with Gasteiger partial charge in [0.2, 0.25) is 0 Å². The van der Waals surface area contributed by atoms with Gasteiger partial charge in [-0.25, -0.2) is 4.98 Å². The number of nitrogens with zero attached hydrogens (tertiary/aromatic N) is 3. The fraction of sp³-hybridized carbons (Fsp3) is 0.0476. The van der Waals surface area contributed by atoms with Gasteiger partial charge in [0.05, 0.1) is 34.9 Å². The van der Waals surface area contributed by atoms with Gasteiger partial charge in [-0.2, -0.15) is 0 Å². The maximum absolute atomic E-state index is 12.7. The van der Waals surface area contributed by atoms with E-state index in [2.05, 4.69) is 25.0 Å². The minimum absolute atomic E-state index is 0.272. The van der Waals surface area contributed by atoms with Crippen molar-refractivity contribution in [1.29, 1.82) is 0 Å². The molecule has 0 saturated heterocycles. The van der Waals surface area contributed by atoms with Crippen molar-refractivity contribution in [3.8, 4) is 17.0 Å². The number of halogens is 3. The van der Waals surface area contributed by atoms with E-state index in [1.165, 1.54) is 30.6 Å². The van der Waals surface area contributed by atoms with Crippen LogP contribution in [0.4, 0.5) is 18.9 Å². The van der Waals surface area contributed by atoms with Crippen molar-refractivity contribution in [2.24, 2.45) is 0 Å². The predicted molar refractivity (Wildman–Crippen MR) is 104 cm³/mol. The number of amides is 1. The van der Waals surface area contributed by atoms with E-state index >= 15 is 0 Å². The molecule has 0 aliphatic rings. The van der Waals surface area contributed by atoms with E-state index in [1.807, 2.05) is 0 Å². The quantitative estimate of drug-likeness (QED) is 0.521. The Morgan fingerprint density at radius 3 is 2.60 bits per heavy atom. The molecule has 0 aliphatic heterocycles. The maximum atomic E-state index is 12.7. The summed E-state index contributed by atoms with van der Waals surface area (Å²) in [4.78, 5) is 25.4. The first-order chi connectivity index (χ1) is 14.4. The zero-order valence-corrected chi connectivity index (χ0v) is 15.2. The number of hydrogen-bond donors (Lipinski definition) is 1. The summed E-state index contributed by atoms with van der Waals surface area (Å²) >= 11 is 0. The third kappa shape index (κ3) is 4.35. The van der Waals surface area contributed by atoms with E-state index in [4.69, 9.17) is 0 Å². The molecule has 0 bridgehead atoms. The number of hydrogen-bond acceptors (Lipinski definition) is 5. The zero-order valence-electron chi connectivity index (χ0n) is 15.2. The van der Waals surface area contributed by atoms with Crippen LogP contribution in [0.5, 0.6) is 5.75 Å². The van der Waals surface area contributed by atoms with Gasteiger partial charge in [-0.3, -0.25) is 14.8 Å². The number of fused-ring (bicyclic) bond motifs is 1. The lowest BCUT2D eigenvalue weighted by Gasteiger charge is -2.11. The molecule has 30 heavy (non-hydrogen) atoms. The molecule has 4 aromatic rings. The van der Waals surface area contributed by atoms with Crippen molar-refractivity contribution in [1.82, 2.24) is 15.0 Å². The Balaban J connectivity index is 1.71. The number of benzene rings is 2. The summed E-state index contributed by atoms with van der Waals surface area (Å²) in [5.74, 6) is -0.779. The molecular weight excluding hydrogens is 397 g/mol. The number of para-hydroxylation sites is 1. The first kappa shape index (κ1) is 19.3. The molecule has 0 atom stereocenters. The Bertz CT molecular complexity index is 1210. The number of aromatic nitrogens is 3. The van der Waals surface area contributed by atoms with Crippen LogP contribution in [0.2, 0.25) is 0 Å². The summed E-state index contributed by atoms with van der Waals surface area (Å²) in [6.07, 6.45) is -0.280. The Morgan fingerprint density at radius 2 is 1.83 bits per heavy atom. The number of carbonyl (C=O) groups excluding carboxylic acids is 1. The molecule has 1 N–H and O–H groups in total. The van der Waals surface area contributed by atoms with Gasteiger partial charge in [0.15, 0.2) is 0 Å². The van der Waals surface area contributed by atoms with Crippen LogP contribution in [-0.4, -0.2) is 27.2 Å². The van der Waals surface area contributed by atoms with Crippen molar-refractivity contribution < 1.29 is 22.7 Å². The summed E-state index contributed by atoms with van der Waals surface area (Å²) in [6, 6.07) is 13.7. The molecule has 0 saturated carbocycles. The lowest BCUT2D eigenvalue weighted by Crippen LogP contribution is -2.17. The fourth-order valence-electron chi connectivity index (χ4n) is 2.84. The molecule has 2 aromatic heterocycles. The lowest BCUT2D eigenvalue weighted by molar-refractivity contribution is -0.274. The normalized spacial score (nSPS) is 11.3. The fourth-order valence-corrected chi connectivity index (χ4v) is 2.84. The molecule has 9 heteroatoms. The number of rotatable bonds is 4. The van der Waals surface area contributed by atoms with Crippen molar-refractivity contribution in [3.05, 3.63) is 78.8 Å². The van der Waals surface area contributed by atoms with Gasteiger partial charge in [0, 0.05) is 11.8 Å². The van der Waals surface area contributed by atoms with Crippen LogP contribution >= 0.6 is 0 Å². The summed E-state index contributed by atoms with van der Waals surface area (Å²) in [5.41, 5.74) is 2.25. The number of nitrogens with one attached hydrogen (secondary N) is 1. The largest absolute Gasteiger partial charge is 0.573 e. The predicted octanol–water partition coefficient (Wildman–Crippen LogP) is 4.84. The Labute approximate surface area is 168 Å². The molecule has 6 nitrogen and oxygen atoms in total. The van der Waals surface area contributed by atoms with Crippen molar-refractivity contribution >= 4 is 22.6 Å². The van der Waals surface area contributed by atoms with E-state index < -0.39 is 12.3 Å². The van der Waals surface area contributed by atoms with E-state index in [0.717, 1.165) is 0 Å². The molecule has 150 valence electrons. The van der Waals surface area contributed by atoms with E-state index in [9.17, 15) is 18.0 Å². The molecule has 2 aromatic carbocycles. The molecule has 0 spiro atoms. The highest BCUT2D eigenvalue weighted by Gasteiger charge is 2.31.